The van der Waals surface area contributed by atoms with Crippen LogP contribution in [0.3, 0.4) is 0 Å². The molecule has 0 fully saturated rings. The van der Waals surface area contributed by atoms with E-state index in [1.54, 1.807) is 13.8 Å². The SMILES string of the molecule is C=CCOC(=O)C(C)(C)Oc1ccc(F)cc1. The second-order valence-electron chi connectivity index (χ2n) is 3.95. The van der Waals surface area contributed by atoms with Crippen molar-refractivity contribution in [1.82, 2.24) is 0 Å². The average molecular weight is 238 g/mol. The van der Waals surface area contributed by atoms with E-state index in [0.29, 0.717) is 5.75 Å². The predicted octanol–water partition coefficient (Wildman–Crippen LogP) is 2.71. The van der Waals surface area contributed by atoms with Gasteiger partial charge in [-0.2, -0.15) is 0 Å². The van der Waals surface area contributed by atoms with E-state index in [2.05, 4.69) is 6.58 Å². The standard InChI is InChI=1S/C13H15FO3/c1-4-9-16-12(15)13(2,3)17-11-7-5-10(14)6-8-11/h4-8H,1,9H2,2-3H3. The van der Waals surface area contributed by atoms with Crippen LogP contribution in [0.5, 0.6) is 5.75 Å². The summed E-state index contributed by atoms with van der Waals surface area (Å²) in [6.45, 7) is 6.75. The molecule has 0 aliphatic rings. The molecule has 0 saturated carbocycles. The number of benzene rings is 1. The molecule has 0 aliphatic carbocycles. The zero-order chi connectivity index (χ0) is 12.9. The highest BCUT2D eigenvalue weighted by Crippen LogP contribution is 2.19. The van der Waals surface area contributed by atoms with Crippen LogP contribution in [-0.2, 0) is 9.53 Å². The van der Waals surface area contributed by atoms with Crippen molar-refractivity contribution in [3.8, 4) is 5.75 Å². The van der Waals surface area contributed by atoms with E-state index < -0.39 is 11.6 Å². The van der Waals surface area contributed by atoms with Crippen LogP contribution in [0.1, 0.15) is 13.8 Å². The average Bonchev–Trinajstić information content (AvgIpc) is 2.28. The van der Waals surface area contributed by atoms with Crippen molar-refractivity contribution in [2.24, 2.45) is 0 Å². The van der Waals surface area contributed by atoms with Crippen LogP contribution in [0.2, 0.25) is 0 Å². The molecule has 0 unspecified atom stereocenters. The quantitative estimate of drug-likeness (QED) is 0.584. The van der Waals surface area contributed by atoms with Crippen molar-refractivity contribution in [2.45, 2.75) is 19.4 Å². The Hall–Kier alpha value is -1.84. The summed E-state index contributed by atoms with van der Waals surface area (Å²) in [7, 11) is 0. The highest BCUT2D eigenvalue weighted by atomic mass is 19.1. The van der Waals surface area contributed by atoms with Crippen molar-refractivity contribution in [2.75, 3.05) is 6.61 Å². The number of halogens is 1. The number of ether oxygens (including phenoxy) is 2. The van der Waals surface area contributed by atoms with Crippen molar-refractivity contribution in [3.63, 3.8) is 0 Å². The van der Waals surface area contributed by atoms with E-state index in [1.807, 2.05) is 0 Å². The maximum absolute atomic E-state index is 12.7. The fourth-order valence-corrected chi connectivity index (χ4v) is 1.15. The van der Waals surface area contributed by atoms with Gasteiger partial charge < -0.3 is 9.47 Å². The zero-order valence-corrected chi connectivity index (χ0v) is 9.90. The number of hydrogen-bond donors (Lipinski definition) is 0. The van der Waals surface area contributed by atoms with E-state index in [0.717, 1.165) is 0 Å². The highest BCUT2D eigenvalue weighted by Gasteiger charge is 2.31. The Labute approximate surface area is 99.9 Å². The molecule has 0 aromatic heterocycles. The molecule has 4 heteroatoms. The Bertz CT molecular complexity index is 396. The highest BCUT2D eigenvalue weighted by molar-refractivity contribution is 5.79. The fourth-order valence-electron chi connectivity index (χ4n) is 1.15. The van der Waals surface area contributed by atoms with Crippen molar-refractivity contribution >= 4 is 5.97 Å². The first kappa shape index (κ1) is 13.2. The summed E-state index contributed by atoms with van der Waals surface area (Å²) in [5.41, 5.74) is -1.12. The maximum atomic E-state index is 12.7. The number of carbonyl (C=O) groups excluding carboxylic acids is 1. The van der Waals surface area contributed by atoms with Gasteiger partial charge in [0.15, 0.2) is 5.60 Å². The molecule has 92 valence electrons. The third kappa shape index (κ3) is 3.90. The van der Waals surface area contributed by atoms with Crippen LogP contribution < -0.4 is 4.74 Å². The molecule has 0 N–H and O–H groups in total. The van der Waals surface area contributed by atoms with Crippen molar-refractivity contribution < 1.29 is 18.7 Å². The van der Waals surface area contributed by atoms with Gasteiger partial charge in [-0.15, -0.1) is 0 Å². The minimum Gasteiger partial charge on any atom is -0.476 e. The summed E-state index contributed by atoms with van der Waals surface area (Å²) in [6.07, 6.45) is 1.48. The van der Waals surface area contributed by atoms with Crippen LogP contribution in [-0.4, -0.2) is 18.2 Å². The first-order chi connectivity index (χ1) is 7.95. The van der Waals surface area contributed by atoms with E-state index in [4.69, 9.17) is 9.47 Å². The monoisotopic (exact) mass is 238 g/mol. The van der Waals surface area contributed by atoms with Crippen molar-refractivity contribution in [3.05, 3.63) is 42.7 Å². The van der Waals surface area contributed by atoms with Gasteiger partial charge in [0.2, 0.25) is 0 Å². The number of rotatable bonds is 5. The molecule has 0 saturated heterocycles. The number of hydrogen-bond acceptors (Lipinski definition) is 3. The Morgan fingerprint density at radius 3 is 2.53 bits per heavy atom. The third-order valence-corrected chi connectivity index (χ3v) is 2.01. The van der Waals surface area contributed by atoms with Gasteiger partial charge in [-0.25, -0.2) is 9.18 Å². The number of esters is 1. The summed E-state index contributed by atoms with van der Waals surface area (Å²) in [4.78, 5) is 11.6. The molecule has 17 heavy (non-hydrogen) atoms. The molecular weight excluding hydrogens is 223 g/mol. The molecule has 0 amide bonds. The van der Waals surface area contributed by atoms with Crippen LogP contribution >= 0.6 is 0 Å². The van der Waals surface area contributed by atoms with E-state index in [1.165, 1.54) is 30.3 Å². The lowest BCUT2D eigenvalue weighted by molar-refractivity contribution is -0.157. The molecule has 0 spiro atoms. The number of carbonyl (C=O) groups is 1. The topological polar surface area (TPSA) is 35.5 Å². The first-order valence-electron chi connectivity index (χ1n) is 5.18. The minimum atomic E-state index is -1.12. The summed E-state index contributed by atoms with van der Waals surface area (Å²) in [5.74, 6) is -0.446. The van der Waals surface area contributed by atoms with Crippen molar-refractivity contribution in [1.29, 1.82) is 0 Å². The van der Waals surface area contributed by atoms with Gasteiger partial charge in [-0.1, -0.05) is 12.7 Å². The summed E-state index contributed by atoms with van der Waals surface area (Å²) in [5, 5.41) is 0. The van der Waals surface area contributed by atoms with Gasteiger partial charge in [-0.3, -0.25) is 0 Å². The van der Waals surface area contributed by atoms with Gasteiger partial charge in [0, 0.05) is 0 Å². The van der Waals surface area contributed by atoms with E-state index >= 15 is 0 Å². The lowest BCUT2D eigenvalue weighted by Gasteiger charge is -2.23. The molecule has 1 aromatic rings. The van der Waals surface area contributed by atoms with E-state index in [-0.39, 0.29) is 12.4 Å². The summed E-state index contributed by atoms with van der Waals surface area (Å²) < 4.78 is 23.0. The van der Waals surface area contributed by atoms with Gasteiger partial charge >= 0.3 is 5.97 Å². The smallest absolute Gasteiger partial charge is 0.350 e. The minimum absolute atomic E-state index is 0.134. The van der Waals surface area contributed by atoms with Crippen LogP contribution in [0.4, 0.5) is 4.39 Å². The first-order valence-corrected chi connectivity index (χ1v) is 5.18. The molecule has 1 rings (SSSR count). The Kier molecular flexibility index (Phi) is 4.26. The lowest BCUT2D eigenvalue weighted by Crippen LogP contribution is -2.39. The summed E-state index contributed by atoms with van der Waals surface area (Å²) >= 11 is 0. The molecular formula is C13H15FO3. The second-order valence-corrected chi connectivity index (χ2v) is 3.95. The normalized spacial score (nSPS) is 10.8. The van der Waals surface area contributed by atoms with Gasteiger partial charge in [0.25, 0.3) is 0 Å². The Balaban J connectivity index is 2.68. The molecule has 0 heterocycles. The molecule has 0 radical (unpaired) electrons. The molecule has 3 nitrogen and oxygen atoms in total. The van der Waals surface area contributed by atoms with Gasteiger partial charge in [0.05, 0.1) is 0 Å². The maximum Gasteiger partial charge on any atom is 0.350 e. The van der Waals surface area contributed by atoms with Gasteiger partial charge in [-0.05, 0) is 38.1 Å². The third-order valence-electron chi connectivity index (χ3n) is 2.01. The van der Waals surface area contributed by atoms with Crippen LogP contribution in [0.15, 0.2) is 36.9 Å². The second kappa shape index (κ2) is 5.48. The zero-order valence-electron chi connectivity index (χ0n) is 9.90. The van der Waals surface area contributed by atoms with Crippen LogP contribution in [0.25, 0.3) is 0 Å². The summed E-state index contributed by atoms with van der Waals surface area (Å²) in [6, 6.07) is 5.44. The van der Waals surface area contributed by atoms with E-state index in [9.17, 15) is 9.18 Å². The molecule has 1 aromatic carbocycles. The fraction of sp³-hybridized carbons (Fsp3) is 0.308. The Morgan fingerprint density at radius 1 is 1.41 bits per heavy atom. The Morgan fingerprint density at radius 2 is 2.00 bits per heavy atom. The largest absolute Gasteiger partial charge is 0.476 e. The lowest BCUT2D eigenvalue weighted by atomic mass is 10.1. The molecule has 0 bridgehead atoms. The molecule has 0 atom stereocenters. The molecule has 0 aliphatic heterocycles. The van der Waals surface area contributed by atoms with Gasteiger partial charge in [0.1, 0.15) is 18.2 Å². The van der Waals surface area contributed by atoms with Crippen LogP contribution in [0, 0.1) is 5.82 Å². The predicted molar refractivity (Wildman–Crippen MR) is 62.3 cm³/mol.